The summed E-state index contributed by atoms with van der Waals surface area (Å²) in [5, 5.41) is 53.9. The fraction of sp³-hybridized carbons (Fsp3) is 0.527. The molecule has 3 saturated heterocycles. The van der Waals surface area contributed by atoms with E-state index in [1.807, 2.05) is 32.3 Å². The lowest BCUT2D eigenvalue weighted by Crippen LogP contribution is -2.76. The van der Waals surface area contributed by atoms with E-state index in [1.165, 1.54) is 22.8 Å². The number of likely N-dealkylation sites (N-methyl/N-ethyl adjacent to an activating group) is 3. The number of benzene rings is 3. The van der Waals surface area contributed by atoms with Crippen LogP contribution in [0.2, 0.25) is 0 Å². The second kappa shape index (κ2) is 15.3. The Hall–Kier alpha value is -5.38. The third-order valence-electron chi connectivity index (χ3n) is 18.6. The molecule has 12 aliphatic rings. The Kier molecular flexibility index (Phi) is 10.5. The summed E-state index contributed by atoms with van der Waals surface area (Å²) in [6, 6.07) is 11.3. The van der Waals surface area contributed by atoms with Crippen LogP contribution in [0.15, 0.2) is 72.0 Å². The van der Waals surface area contributed by atoms with Crippen LogP contribution in [0.3, 0.4) is 0 Å². The van der Waals surface area contributed by atoms with Gasteiger partial charge in [-0.2, -0.15) is 0 Å². The van der Waals surface area contributed by atoms with Gasteiger partial charge in [-0.3, -0.25) is 19.4 Å². The summed E-state index contributed by atoms with van der Waals surface area (Å²) in [6.45, 7) is 2.66. The van der Waals surface area contributed by atoms with Gasteiger partial charge in [-0.15, -0.1) is 0 Å². The molecule has 3 spiro atoms. The van der Waals surface area contributed by atoms with E-state index in [0.29, 0.717) is 55.4 Å². The van der Waals surface area contributed by atoms with Gasteiger partial charge in [0.05, 0.1) is 29.0 Å². The van der Waals surface area contributed by atoms with Crippen molar-refractivity contribution in [2.75, 3.05) is 47.9 Å². The van der Waals surface area contributed by atoms with Crippen molar-refractivity contribution in [2.24, 2.45) is 0 Å². The molecule has 15 rings (SSSR count). The monoisotopic (exact) mass is 945 g/mol. The SMILES string of the molecule is C.C.C.CN1CCC23c4c5ccc(O)c4OC2C(=O)C=CC3(O)C1C5.CN1CCC23c4c5ccc(O)c4OC2C(=O)CCC3(O)C1C5.COC1=CC=C2C3Cc4ccc(O)c5c4C2(CCN3C)C1O5. The Morgan fingerprint density at radius 2 is 1.16 bits per heavy atom. The number of phenols is 3. The second-order valence-electron chi connectivity index (χ2n) is 20.9. The number of rotatable bonds is 1. The number of hydrogen-bond acceptors (Lipinski definition) is 14. The number of carbonyl (C=O) groups is 2. The Morgan fingerprint density at radius 3 is 1.81 bits per heavy atom. The smallest absolute Gasteiger partial charge is 0.196 e. The van der Waals surface area contributed by atoms with E-state index < -0.39 is 34.2 Å². The number of ether oxygens (including phenoxy) is 4. The number of ketones is 2. The summed E-state index contributed by atoms with van der Waals surface area (Å²) >= 11 is 0. The van der Waals surface area contributed by atoms with Crippen molar-refractivity contribution >= 4 is 11.6 Å². The molecule has 6 aliphatic heterocycles. The lowest BCUT2D eigenvalue weighted by atomic mass is 9.49. The molecular formula is C55H67N3O11. The first-order valence-electron chi connectivity index (χ1n) is 23.5. The predicted octanol–water partition coefficient (Wildman–Crippen LogP) is 5.30. The summed E-state index contributed by atoms with van der Waals surface area (Å²) in [6.07, 6.45) is 11.4. The maximum Gasteiger partial charge on any atom is 0.196 e. The molecule has 1 saturated carbocycles. The summed E-state index contributed by atoms with van der Waals surface area (Å²) in [5.41, 5.74) is 4.17. The zero-order valence-corrected chi connectivity index (χ0v) is 37.5. The number of Topliss-reactive ketones (excluding diaryl/α,β-unsaturated/α-hetero) is 1. The van der Waals surface area contributed by atoms with Gasteiger partial charge in [-0.25, -0.2) is 0 Å². The highest BCUT2D eigenvalue weighted by atomic mass is 16.5. The molecule has 0 aromatic heterocycles. The van der Waals surface area contributed by atoms with Crippen molar-refractivity contribution in [2.45, 2.75) is 138 Å². The number of aromatic hydroxyl groups is 3. The van der Waals surface area contributed by atoms with Crippen molar-refractivity contribution in [1.82, 2.24) is 14.7 Å². The molecule has 14 nitrogen and oxygen atoms in total. The van der Waals surface area contributed by atoms with Crippen LogP contribution in [0.1, 0.15) is 87.8 Å². The fourth-order valence-electron chi connectivity index (χ4n) is 15.6. The Bertz CT molecular complexity index is 2810. The highest BCUT2D eigenvalue weighted by molar-refractivity contribution is 5.99. The van der Waals surface area contributed by atoms with Gasteiger partial charge >= 0.3 is 0 Å². The van der Waals surface area contributed by atoms with Crippen LogP contribution in [-0.4, -0.2) is 147 Å². The van der Waals surface area contributed by atoms with Crippen LogP contribution in [0.25, 0.3) is 0 Å². The van der Waals surface area contributed by atoms with Crippen molar-refractivity contribution in [1.29, 1.82) is 0 Å². The Morgan fingerprint density at radius 1 is 0.623 bits per heavy atom. The first kappa shape index (κ1) is 47.3. The minimum Gasteiger partial charge on any atom is -0.504 e. The summed E-state index contributed by atoms with van der Waals surface area (Å²) < 4.78 is 23.7. The maximum absolute atomic E-state index is 12.5. The molecule has 14 heteroatoms. The Labute approximate surface area is 404 Å². The number of aliphatic hydroxyl groups is 2. The number of likely N-dealkylation sites (tertiary alicyclic amines) is 3. The van der Waals surface area contributed by atoms with Gasteiger partial charge in [-0.1, -0.05) is 46.6 Å². The lowest BCUT2D eigenvalue weighted by Gasteiger charge is -2.61. The molecular weight excluding hydrogens is 879 g/mol. The number of piperidine rings is 3. The van der Waals surface area contributed by atoms with E-state index in [9.17, 15) is 35.1 Å². The maximum atomic E-state index is 12.5. The van der Waals surface area contributed by atoms with Gasteiger partial charge in [0.1, 0.15) is 11.4 Å². The zero-order valence-electron chi connectivity index (χ0n) is 37.5. The molecule has 3 aromatic carbocycles. The van der Waals surface area contributed by atoms with Gasteiger partial charge in [-0.05, 0) is 144 Å². The predicted molar refractivity (Wildman–Crippen MR) is 258 cm³/mol. The minimum absolute atomic E-state index is 0. The third-order valence-corrected chi connectivity index (χ3v) is 18.6. The minimum atomic E-state index is -1.13. The quantitative estimate of drug-likeness (QED) is 0.212. The van der Waals surface area contributed by atoms with E-state index in [1.54, 1.807) is 31.4 Å². The van der Waals surface area contributed by atoms with Crippen molar-refractivity contribution in [3.63, 3.8) is 0 Å². The number of hydrogen-bond donors (Lipinski definition) is 5. The third kappa shape index (κ3) is 5.39. The van der Waals surface area contributed by atoms with Gasteiger partial charge < -0.3 is 49.4 Å². The summed E-state index contributed by atoms with van der Waals surface area (Å²) in [7, 11) is 7.95. The highest BCUT2D eigenvalue weighted by Gasteiger charge is 2.74. The van der Waals surface area contributed by atoms with E-state index in [4.69, 9.17) is 18.9 Å². The first-order chi connectivity index (χ1) is 31.6. The van der Waals surface area contributed by atoms with Gasteiger partial charge in [0.25, 0.3) is 0 Å². The molecule has 69 heavy (non-hydrogen) atoms. The Balaban J connectivity index is 0.000000118. The van der Waals surface area contributed by atoms with E-state index in [0.717, 1.165) is 66.9 Å². The molecule has 6 aliphatic carbocycles. The fourth-order valence-corrected chi connectivity index (χ4v) is 15.6. The van der Waals surface area contributed by atoms with Crippen LogP contribution in [0.5, 0.6) is 34.5 Å². The number of phenolic OH excluding ortho intramolecular Hbond substituents is 3. The topological polar surface area (TPSA) is 182 Å². The van der Waals surface area contributed by atoms with Gasteiger partial charge in [0.2, 0.25) is 0 Å². The molecule has 3 aromatic rings. The number of carbonyl (C=O) groups excluding carboxylic acids is 2. The first-order valence-corrected chi connectivity index (χ1v) is 23.5. The second-order valence-corrected chi connectivity index (χ2v) is 20.9. The molecule has 5 N–H and O–H groups in total. The molecule has 6 bridgehead atoms. The largest absolute Gasteiger partial charge is 0.504 e. The van der Waals surface area contributed by atoms with Crippen molar-refractivity contribution in [3.05, 3.63) is 105 Å². The average Bonchev–Trinajstić information content (AvgIpc) is 3.98. The molecule has 0 amide bonds. The molecule has 11 atom stereocenters. The summed E-state index contributed by atoms with van der Waals surface area (Å²) in [5.74, 6) is 2.64. The van der Waals surface area contributed by atoms with Crippen LogP contribution in [0.4, 0.5) is 0 Å². The molecule has 11 unspecified atom stereocenters. The molecule has 368 valence electrons. The van der Waals surface area contributed by atoms with E-state index in [-0.39, 0.29) is 74.7 Å². The molecule has 0 radical (unpaired) electrons. The van der Waals surface area contributed by atoms with Gasteiger partial charge in [0, 0.05) is 41.2 Å². The normalized spacial score (nSPS) is 37.5. The standard InChI is InChI=1S/C18H19NO3.C17H19NO4.C17H17NO4.3CH4/c1-19-8-7-18-11-4-6-14(21-2)17(18)22-16-13(20)5-3-10(15(16)18)9-12(11)19;2*1-18-7-6-16-13-9-2-3-10(19)14(13)22-15(16)11(20)4-5-17(16,21)12(18)8-9;;;/h3-6,12,17,20H,7-9H2,1-2H3;2-3,12,15,19,21H,4-8H2,1H3;2-5,12,15,19,21H,6-8H2,1H3;3*1H4. The molecule has 4 fully saturated rings. The average molecular weight is 946 g/mol. The van der Waals surface area contributed by atoms with Crippen LogP contribution < -0.4 is 14.2 Å². The van der Waals surface area contributed by atoms with E-state index in [2.05, 4.69) is 33.9 Å². The highest BCUT2D eigenvalue weighted by Crippen LogP contribution is 2.66. The molecule has 6 heterocycles. The lowest BCUT2D eigenvalue weighted by molar-refractivity contribution is -0.185. The summed E-state index contributed by atoms with van der Waals surface area (Å²) in [4.78, 5) is 31.8. The van der Waals surface area contributed by atoms with Crippen molar-refractivity contribution < 1.29 is 54.1 Å². The van der Waals surface area contributed by atoms with E-state index >= 15 is 0 Å². The van der Waals surface area contributed by atoms with Crippen molar-refractivity contribution in [3.8, 4) is 34.5 Å². The number of nitrogens with zero attached hydrogens (tertiary/aromatic N) is 3. The van der Waals surface area contributed by atoms with Crippen LogP contribution >= 0.6 is 0 Å². The van der Waals surface area contributed by atoms with Crippen LogP contribution in [0, 0.1) is 0 Å². The van der Waals surface area contributed by atoms with Crippen LogP contribution in [-0.2, 0) is 49.8 Å². The zero-order chi connectivity index (χ0) is 45.6. The van der Waals surface area contributed by atoms with Gasteiger partial charge in [0.15, 0.2) is 64.4 Å². The number of methoxy groups -OCH3 is 1. The number of allylic oxidation sites excluding steroid dienone is 2.